The van der Waals surface area contributed by atoms with Crippen molar-refractivity contribution in [3.05, 3.63) is 33.3 Å². The maximum atomic E-state index is 12.8. The highest BCUT2D eigenvalue weighted by molar-refractivity contribution is 9.10. The van der Waals surface area contributed by atoms with Crippen LogP contribution < -0.4 is 11.1 Å². The van der Waals surface area contributed by atoms with Gasteiger partial charge in [0.15, 0.2) is 0 Å². The average molecular weight is 364 g/mol. The van der Waals surface area contributed by atoms with Crippen molar-refractivity contribution >= 4 is 45.8 Å². The van der Waals surface area contributed by atoms with Crippen LogP contribution in [0.2, 0.25) is 5.02 Å². The minimum absolute atomic E-state index is 0. The molecule has 0 atom stereocenters. The number of amides is 1. The van der Waals surface area contributed by atoms with E-state index in [2.05, 4.69) is 21.2 Å². The Labute approximate surface area is 123 Å². The fourth-order valence-corrected chi connectivity index (χ4v) is 1.81. The second-order valence-corrected chi connectivity index (χ2v) is 4.69. The van der Waals surface area contributed by atoms with Gasteiger partial charge in [-0.1, -0.05) is 27.5 Å². The molecule has 3 N–H and O–H groups in total. The quantitative estimate of drug-likeness (QED) is 0.864. The Balaban J connectivity index is 0.00000289. The maximum Gasteiger partial charge on any atom is 0.277 e. The first kappa shape index (κ1) is 17.6. The van der Waals surface area contributed by atoms with Crippen molar-refractivity contribution in [2.45, 2.75) is 5.92 Å². The van der Waals surface area contributed by atoms with Crippen molar-refractivity contribution in [3.63, 3.8) is 0 Å². The second kappa shape index (κ2) is 7.23. The van der Waals surface area contributed by atoms with Gasteiger partial charge in [0.1, 0.15) is 0 Å². The molecular weight excluding hydrogens is 353 g/mol. The fourth-order valence-electron chi connectivity index (χ4n) is 1.05. The van der Waals surface area contributed by atoms with Gasteiger partial charge >= 0.3 is 0 Å². The number of nitrogens with one attached hydrogen (secondary N) is 1. The van der Waals surface area contributed by atoms with Crippen LogP contribution in [0.1, 0.15) is 10.4 Å². The smallest absolute Gasteiger partial charge is 0.277 e. The SMILES string of the molecule is Cl.NCC(F)(F)CNC(=O)c1ccc(Br)cc1Cl. The van der Waals surface area contributed by atoms with E-state index >= 15 is 0 Å². The Bertz CT molecular complexity index is 432. The number of nitrogens with two attached hydrogens (primary N) is 1. The van der Waals surface area contributed by atoms with E-state index in [1.165, 1.54) is 12.1 Å². The standard InChI is InChI=1S/C10H10BrClF2N2O.ClH/c11-6-1-2-7(8(12)3-6)9(17)16-5-10(13,14)4-15;/h1-3H,4-5,15H2,(H,16,17);1H. The van der Waals surface area contributed by atoms with E-state index < -0.39 is 24.9 Å². The molecule has 0 bridgehead atoms. The lowest BCUT2D eigenvalue weighted by Crippen LogP contribution is -2.41. The molecule has 0 heterocycles. The van der Waals surface area contributed by atoms with E-state index in [-0.39, 0.29) is 23.0 Å². The first-order chi connectivity index (χ1) is 7.85. The Hall–Kier alpha value is -0.430. The lowest BCUT2D eigenvalue weighted by molar-refractivity contribution is 0.0118. The molecule has 0 fully saturated rings. The Morgan fingerprint density at radius 3 is 2.61 bits per heavy atom. The molecular formula is C10H11BrCl2F2N2O. The van der Waals surface area contributed by atoms with Gasteiger partial charge in [0, 0.05) is 4.47 Å². The van der Waals surface area contributed by atoms with Crippen LogP contribution in [-0.2, 0) is 0 Å². The zero-order valence-corrected chi connectivity index (χ0v) is 12.2. The van der Waals surface area contributed by atoms with E-state index in [4.69, 9.17) is 17.3 Å². The molecule has 0 unspecified atom stereocenters. The predicted octanol–water partition coefficient (Wildman–Crippen LogP) is 2.85. The summed E-state index contributed by atoms with van der Waals surface area (Å²) in [6, 6.07) is 4.56. The number of hydrogen-bond acceptors (Lipinski definition) is 2. The molecule has 0 saturated heterocycles. The topological polar surface area (TPSA) is 55.1 Å². The molecule has 1 aromatic carbocycles. The summed E-state index contributed by atoms with van der Waals surface area (Å²) in [7, 11) is 0. The highest BCUT2D eigenvalue weighted by Crippen LogP contribution is 2.21. The first-order valence-corrected chi connectivity index (χ1v) is 5.84. The third-order valence-electron chi connectivity index (χ3n) is 1.98. The van der Waals surface area contributed by atoms with Crippen LogP contribution in [0.5, 0.6) is 0 Å². The summed E-state index contributed by atoms with van der Waals surface area (Å²) in [4.78, 5) is 11.6. The fraction of sp³-hybridized carbons (Fsp3) is 0.300. The van der Waals surface area contributed by atoms with E-state index in [0.717, 1.165) is 0 Å². The van der Waals surface area contributed by atoms with Gasteiger partial charge in [0.05, 0.1) is 23.7 Å². The second-order valence-electron chi connectivity index (χ2n) is 3.37. The predicted molar refractivity (Wildman–Crippen MR) is 72.7 cm³/mol. The number of carbonyl (C=O) groups excluding carboxylic acids is 1. The molecule has 0 radical (unpaired) electrons. The van der Waals surface area contributed by atoms with Crippen LogP contribution in [0.4, 0.5) is 8.78 Å². The van der Waals surface area contributed by atoms with Gasteiger partial charge in [-0.15, -0.1) is 12.4 Å². The summed E-state index contributed by atoms with van der Waals surface area (Å²) in [6.45, 7) is -1.63. The van der Waals surface area contributed by atoms with E-state index in [9.17, 15) is 13.6 Å². The van der Waals surface area contributed by atoms with Gasteiger partial charge < -0.3 is 11.1 Å². The summed E-state index contributed by atoms with van der Waals surface area (Å²) >= 11 is 8.98. The highest BCUT2D eigenvalue weighted by atomic mass is 79.9. The molecule has 0 spiro atoms. The molecule has 0 aliphatic carbocycles. The minimum atomic E-state index is -3.11. The summed E-state index contributed by atoms with van der Waals surface area (Å²) in [5.74, 6) is -3.77. The molecule has 0 aromatic heterocycles. The zero-order valence-electron chi connectivity index (χ0n) is 9.05. The Morgan fingerprint density at radius 1 is 1.50 bits per heavy atom. The normalized spacial score (nSPS) is 10.7. The maximum absolute atomic E-state index is 12.8. The molecule has 0 aliphatic rings. The van der Waals surface area contributed by atoms with Crippen molar-refractivity contribution in [1.82, 2.24) is 5.32 Å². The van der Waals surface area contributed by atoms with Gasteiger partial charge in [-0.25, -0.2) is 8.78 Å². The van der Waals surface area contributed by atoms with E-state index in [1.807, 2.05) is 0 Å². The summed E-state index contributed by atoms with van der Waals surface area (Å²) in [5.41, 5.74) is 4.99. The number of carbonyl (C=O) groups is 1. The Morgan fingerprint density at radius 2 is 2.11 bits per heavy atom. The van der Waals surface area contributed by atoms with Crippen molar-refractivity contribution in [2.75, 3.05) is 13.1 Å². The molecule has 102 valence electrons. The summed E-state index contributed by atoms with van der Waals surface area (Å²) < 4.78 is 26.3. The lowest BCUT2D eigenvalue weighted by atomic mass is 10.2. The third kappa shape index (κ3) is 5.06. The van der Waals surface area contributed by atoms with Crippen molar-refractivity contribution < 1.29 is 13.6 Å². The first-order valence-electron chi connectivity index (χ1n) is 4.67. The van der Waals surface area contributed by atoms with Gasteiger partial charge in [-0.3, -0.25) is 4.79 Å². The van der Waals surface area contributed by atoms with Crippen LogP contribution in [0.15, 0.2) is 22.7 Å². The number of alkyl halides is 2. The van der Waals surface area contributed by atoms with Crippen molar-refractivity contribution in [3.8, 4) is 0 Å². The van der Waals surface area contributed by atoms with Crippen LogP contribution in [0.25, 0.3) is 0 Å². The minimum Gasteiger partial charge on any atom is -0.346 e. The molecule has 1 aromatic rings. The van der Waals surface area contributed by atoms with Crippen LogP contribution in [0.3, 0.4) is 0 Å². The Kier molecular flexibility index (Phi) is 7.06. The van der Waals surface area contributed by atoms with Crippen LogP contribution in [0, 0.1) is 0 Å². The molecule has 1 amide bonds. The van der Waals surface area contributed by atoms with Gasteiger partial charge in [0.25, 0.3) is 11.8 Å². The number of benzene rings is 1. The number of halogens is 5. The van der Waals surface area contributed by atoms with Gasteiger partial charge in [-0.05, 0) is 18.2 Å². The summed E-state index contributed by atoms with van der Waals surface area (Å²) in [6.07, 6.45) is 0. The largest absolute Gasteiger partial charge is 0.346 e. The number of hydrogen-bond donors (Lipinski definition) is 2. The summed E-state index contributed by atoms with van der Waals surface area (Å²) in [5, 5.41) is 2.27. The van der Waals surface area contributed by atoms with Gasteiger partial charge in [0.2, 0.25) is 0 Å². The van der Waals surface area contributed by atoms with Gasteiger partial charge in [-0.2, -0.15) is 0 Å². The van der Waals surface area contributed by atoms with E-state index in [1.54, 1.807) is 6.07 Å². The lowest BCUT2D eigenvalue weighted by Gasteiger charge is -2.14. The molecule has 8 heteroatoms. The molecule has 3 nitrogen and oxygen atoms in total. The third-order valence-corrected chi connectivity index (χ3v) is 2.79. The van der Waals surface area contributed by atoms with Crippen molar-refractivity contribution in [2.24, 2.45) is 5.73 Å². The molecule has 1 rings (SSSR count). The molecule has 18 heavy (non-hydrogen) atoms. The van der Waals surface area contributed by atoms with Crippen LogP contribution >= 0.6 is 39.9 Å². The molecule has 0 aliphatic heterocycles. The highest BCUT2D eigenvalue weighted by Gasteiger charge is 2.27. The van der Waals surface area contributed by atoms with Crippen LogP contribution in [-0.4, -0.2) is 24.9 Å². The zero-order chi connectivity index (χ0) is 13.1. The van der Waals surface area contributed by atoms with Crippen molar-refractivity contribution in [1.29, 1.82) is 0 Å². The molecule has 0 saturated carbocycles. The number of rotatable bonds is 4. The average Bonchev–Trinajstić information content (AvgIpc) is 2.26. The monoisotopic (exact) mass is 362 g/mol. The van der Waals surface area contributed by atoms with E-state index in [0.29, 0.717) is 4.47 Å².